The van der Waals surface area contributed by atoms with E-state index in [1.54, 1.807) is 24.6 Å². The molecule has 0 atom stereocenters. The SMILES string of the molecule is CCOC(=O)c1ncsc1NCc1ccc(C#N)cc1. The average Bonchev–Trinajstić information content (AvgIpc) is 2.94. The van der Waals surface area contributed by atoms with Crippen LogP contribution in [0.4, 0.5) is 5.00 Å². The molecule has 0 bridgehead atoms. The third kappa shape index (κ3) is 3.33. The zero-order valence-corrected chi connectivity index (χ0v) is 11.7. The number of carbonyl (C=O) groups is 1. The topological polar surface area (TPSA) is 75.0 Å². The Bertz CT molecular complexity index is 629. The highest BCUT2D eigenvalue weighted by molar-refractivity contribution is 7.14. The van der Waals surface area contributed by atoms with Gasteiger partial charge in [-0.05, 0) is 24.6 Å². The standard InChI is InChI=1S/C14H13N3O2S/c1-2-19-14(18)12-13(20-9-17-12)16-8-11-5-3-10(7-15)4-6-11/h3-6,9,16H,2,8H2,1H3. The number of carbonyl (C=O) groups excluding carboxylic acids is 1. The Hall–Kier alpha value is -2.39. The molecule has 0 aliphatic heterocycles. The Morgan fingerprint density at radius 2 is 2.20 bits per heavy atom. The van der Waals surface area contributed by atoms with Crippen molar-refractivity contribution in [3.8, 4) is 6.07 Å². The maximum atomic E-state index is 11.7. The third-order valence-corrected chi connectivity index (χ3v) is 3.36. The Kier molecular flexibility index (Phi) is 4.69. The molecule has 0 amide bonds. The molecule has 2 rings (SSSR count). The summed E-state index contributed by atoms with van der Waals surface area (Å²) in [5.41, 5.74) is 3.56. The lowest BCUT2D eigenvalue weighted by molar-refractivity contribution is 0.0521. The van der Waals surface area contributed by atoms with Gasteiger partial charge < -0.3 is 10.1 Å². The third-order valence-electron chi connectivity index (χ3n) is 2.57. The number of ether oxygens (including phenoxy) is 1. The van der Waals surface area contributed by atoms with E-state index in [1.807, 2.05) is 12.1 Å². The van der Waals surface area contributed by atoms with E-state index in [2.05, 4.69) is 16.4 Å². The molecule has 0 aliphatic carbocycles. The first-order chi connectivity index (χ1) is 9.74. The first-order valence-electron chi connectivity index (χ1n) is 6.08. The summed E-state index contributed by atoms with van der Waals surface area (Å²) in [5, 5.41) is 12.6. The van der Waals surface area contributed by atoms with Crippen molar-refractivity contribution in [2.24, 2.45) is 0 Å². The van der Waals surface area contributed by atoms with Gasteiger partial charge in [0.05, 0.1) is 23.8 Å². The van der Waals surface area contributed by atoms with Crippen LogP contribution in [0.25, 0.3) is 0 Å². The van der Waals surface area contributed by atoms with Crippen LogP contribution in [-0.2, 0) is 11.3 Å². The van der Waals surface area contributed by atoms with Gasteiger partial charge in [0.1, 0.15) is 5.00 Å². The number of thiazole rings is 1. The number of anilines is 1. The number of rotatable bonds is 5. The van der Waals surface area contributed by atoms with Gasteiger partial charge in [0.25, 0.3) is 0 Å². The van der Waals surface area contributed by atoms with Gasteiger partial charge >= 0.3 is 5.97 Å². The lowest BCUT2D eigenvalue weighted by Crippen LogP contribution is -2.09. The second-order valence-electron chi connectivity index (χ2n) is 3.91. The summed E-state index contributed by atoms with van der Waals surface area (Å²) in [6, 6.07) is 9.34. The molecule has 1 N–H and O–H groups in total. The van der Waals surface area contributed by atoms with Crippen LogP contribution in [0.1, 0.15) is 28.5 Å². The van der Waals surface area contributed by atoms with E-state index in [0.717, 1.165) is 5.56 Å². The summed E-state index contributed by atoms with van der Waals surface area (Å²) in [6.45, 7) is 2.64. The van der Waals surface area contributed by atoms with Crippen LogP contribution >= 0.6 is 11.3 Å². The molecule has 0 unspecified atom stereocenters. The fourth-order valence-electron chi connectivity index (χ4n) is 1.60. The first-order valence-corrected chi connectivity index (χ1v) is 6.96. The van der Waals surface area contributed by atoms with Crippen molar-refractivity contribution in [1.29, 1.82) is 5.26 Å². The van der Waals surface area contributed by atoms with Crippen LogP contribution in [0.2, 0.25) is 0 Å². The van der Waals surface area contributed by atoms with E-state index < -0.39 is 5.97 Å². The first kappa shape index (κ1) is 14.0. The zero-order chi connectivity index (χ0) is 14.4. The van der Waals surface area contributed by atoms with Crippen molar-refractivity contribution in [1.82, 2.24) is 4.98 Å². The van der Waals surface area contributed by atoms with Gasteiger partial charge in [0.15, 0.2) is 5.69 Å². The summed E-state index contributed by atoms with van der Waals surface area (Å²) < 4.78 is 4.94. The Labute approximate surface area is 120 Å². The van der Waals surface area contributed by atoms with Crippen molar-refractivity contribution < 1.29 is 9.53 Å². The normalized spacial score (nSPS) is 9.80. The molecule has 2 aromatic rings. The van der Waals surface area contributed by atoms with Gasteiger partial charge in [-0.3, -0.25) is 0 Å². The zero-order valence-electron chi connectivity index (χ0n) is 10.9. The highest BCUT2D eigenvalue weighted by Gasteiger charge is 2.15. The lowest BCUT2D eigenvalue weighted by atomic mass is 10.1. The molecule has 5 nitrogen and oxygen atoms in total. The molecule has 1 aromatic heterocycles. The van der Waals surface area contributed by atoms with Crippen LogP contribution in [0.15, 0.2) is 29.8 Å². The maximum absolute atomic E-state index is 11.7. The van der Waals surface area contributed by atoms with Crippen molar-refractivity contribution in [2.75, 3.05) is 11.9 Å². The number of aromatic nitrogens is 1. The highest BCUT2D eigenvalue weighted by Crippen LogP contribution is 2.21. The van der Waals surface area contributed by atoms with Crippen LogP contribution < -0.4 is 5.32 Å². The quantitative estimate of drug-likeness (QED) is 0.856. The highest BCUT2D eigenvalue weighted by atomic mass is 32.1. The molecule has 0 aliphatic rings. The molecule has 0 radical (unpaired) electrons. The fourth-order valence-corrected chi connectivity index (χ4v) is 2.26. The molecule has 20 heavy (non-hydrogen) atoms. The van der Waals surface area contributed by atoms with Gasteiger partial charge in [-0.25, -0.2) is 9.78 Å². The van der Waals surface area contributed by atoms with Crippen LogP contribution in [0, 0.1) is 11.3 Å². The fraction of sp³-hybridized carbons (Fsp3) is 0.214. The van der Waals surface area contributed by atoms with E-state index in [4.69, 9.17) is 10.00 Å². The summed E-state index contributed by atoms with van der Waals surface area (Å²) in [7, 11) is 0. The second-order valence-corrected chi connectivity index (χ2v) is 4.77. The van der Waals surface area contributed by atoms with E-state index in [1.165, 1.54) is 11.3 Å². The van der Waals surface area contributed by atoms with E-state index in [0.29, 0.717) is 29.4 Å². The van der Waals surface area contributed by atoms with Crippen LogP contribution in [-0.4, -0.2) is 17.6 Å². The predicted octanol–water partition coefficient (Wildman–Crippen LogP) is 2.80. The van der Waals surface area contributed by atoms with E-state index >= 15 is 0 Å². The number of benzene rings is 1. The van der Waals surface area contributed by atoms with Gasteiger partial charge in [0, 0.05) is 6.54 Å². The monoisotopic (exact) mass is 287 g/mol. The van der Waals surface area contributed by atoms with E-state index in [-0.39, 0.29) is 0 Å². The molecule has 0 saturated heterocycles. The van der Waals surface area contributed by atoms with Gasteiger partial charge in [0.2, 0.25) is 0 Å². The number of hydrogen-bond acceptors (Lipinski definition) is 6. The molecule has 102 valence electrons. The number of hydrogen-bond donors (Lipinski definition) is 1. The smallest absolute Gasteiger partial charge is 0.360 e. The van der Waals surface area contributed by atoms with Crippen molar-refractivity contribution in [3.05, 3.63) is 46.6 Å². The van der Waals surface area contributed by atoms with E-state index in [9.17, 15) is 4.79 Å². The molecule has 6 heteroatoms. The largest absolute Gasteiger partial charge is 0.461 e. The molecule has 1 aromatic carbocycles. The summed E-state index contributed by atoms with van der Waals surface area (Å²) in [5.74, 6) is -0.420. The minimum absolute atomic E-state index is 0.311. The average molecular weight is 287 g/mol. The minimum atomic E-state index is -0.420. The van der Waals surface area contributed by atoms with Crippen molar-refractivity contribution >= 4 is 22.3 Å². The summed E-state index contributed by atoms with van der Waals surface area (Å²) in [4.78, 5) is 15.7. The van der Waals surface area contributed by atoms with Crippen LogP contribution in [0.5, 0.6) is 0 Å². The molecule has 0 saturated carbocycles. The van der Waals surface area contributed by atoms with Gasteiger partial charge in [-0.15, -0.1) is 11.3 Å². The molecule has 0 fully saturated rings. The molecule has 1 heterocycles. The Balaban J connectivity index is 2.02. The lowest BCUT2D eigenvalue weighted by Gasteiger charge is -2.06. The van der Waals surface area contributed by atoms with Gasteiger partial charge in [-0.2, -0.15) is 5.26 Å². The summed E-state index contributed by atoms with van der Waals surface area (Å²) in [6.07, 6.45) is 0. The minimum Gasteiger partial charge on any atom is -0.461 e. The number of nitriles is 1. The summed E-state index contributed by atoms with van der Waals surface area (Å²) >= 11 is 1.36. The van der Waals surface area contributed by atoms with Crippen molar-refractivity contribution in [3.63, 3.8) is 0 Å². The maximum Gasteiger partial charge on any atom is 0.360 e. The number of nitrogens with zero attached hydrogens (tertiary/aromatic N) is 2. The van der Waals surface area contributed by atoms with Crippen LogP contribution in [0.3, 0.4) is 0 Å². The number of nitrogens with one attached hydrogen (secondary N) is 1. The van der Waals surface area contributed by atoms with Gasteiger partial charge in [-0.1, -0.05) is 12.1 Å². The second kappa shape index (κ2) is 6.68. The number of esters is 1. The predicted molar refractivity (Wildman–Crippen MR) is 76.6 cm³/mol. The van der Waals surface area contributed by atoms with Crippen molar-refractivity contribution in [2.45, 2.75) is 13.5 Å². The molecular weight excluding hydrogens is 274 g/mol. The Morgan fingerprint density at radius 3 is 2.85 bits per heavy atom. The molecular formula is C14H13N3O2S. The molecule has 0 spiro atoms. The Morgan fingerprint density at radius 1 is 1.45 bits per heavy atom.